The van der Waals surface area contributed by atoms with E-state index in [1.807, 2.05) is 0 Å². The molecular formula is C7H6BrFN2O2. The van der Waals surface area contributed by atoms with Crippen molar-refractivity contribution in [2.24, 2.45) is 0 Å². The molecule has 1 aromatic carbocycles. The summed E-state index contributed by atoms with van der Waals surface area (Å²) in [4.78, 5) is 9.83. The number of benzene rings is 1. The molecular weight excluding hydrogens is 243 g/mol. The number of rotatable bonds is 1. The molecule has 1 aromatic rings. The van der Waals surface area contributed by atoms with E-state index in [0.29, 0.717) is 0 Å². The van der Waals surface area contributed by atoms with Gasteiger partial charge in [-0.15, -0.1) is 0 Å². The Labute approximate surface area is 81.8 Å². The standard InChI is InChI=1S/C7H6BrFN2O2/c1-3-4(9)2-5(10)6(8)7(3)11(12)13/h2H,10H2,1H3. The summed E-state index contributed by atoms with van der Waals surface area (Å²) in [6, 6.07) is 1.05. The Balaban J connectivity index is 3.56. The van der Waals surface area contributed by atoms with E-state index in [-0.39, 0.29) is 21.4 Å². The summed E-state index contributed by atoms with van der Waals surface area (Å²) < 4.78 is 13.1. The van der Waals surface area contributed by atoms with Gasteiger partial charge in [-0.25, -0.2) is 4.39 Å². The fourth-order valence-corrected chi connectivity index (χ4v) is 1.50. The van der Waals surface area contributed by atoms with Crippen LogP contribution in [0.15, 0.2) is 10.5 Å². The Morgan fingerprint density at radius 3 is 2.69 bits per heavy atom. The van der Waals surface area contributed by atoms with E-state index in [4.69, 9.17) is 5.73 Å². The second kappa shape index (κ2) is 3.29. The molecule has 0 aliphatic heterocycles. The lowest BCUT2D eigenvalue weighted by Crippen LogP contribution is -1.99. The summed E-state index contributed by atoms with van der Waals surface area (Å²) in [5, 5.41) is 10.5. The average Bonchev–Trinajstić information content (AvgIpc) is 2.01. The first-order valence-electron chi connectivity index (χ1n) is 3.33. The van der Waals surface area contributed by atoms with Crippen LogP contribution in [0.5, 0.6) is 0 Å². The molecule has 4 nitrogen and oxygen atoms in total. The number of nitro groups is 1. The summed E-state index contributed by atoms with van der Waals surface area (Å²) in [5.74, 6) is -0.674. The number of nitrogens with zero attached hydrogens (tertiary/aromatic N) is 1. The third-order valence-corrected chi connectivity index (χ3v) is 2.47. The zero-order valence-corrected chi connectivity index (χ0v) is 8.26. The van der Waals surface area contributed by atoms with Crippen molar-refractivity contribution in [1.29, 1.82) is 0 Å². The van der Waals surface area contributed by atoms with Crippen molar-refractivity contribution in [3.63, 3.8) is 0 Å². The lowest BCUT2D eigenvalue weighted by Gasteiger charge is -2.03. The third-order valence-electron chi connectivity index (χ3n) is 1.64. The van der Waals surface area contributed by atoms with Crippen molar-refractivity contribution in [2.45, 2.75) is 6.92 Å². The molecule has 2 N–H and O–H groups in total. The zero-order chi connectivity index (χ0) is 10.2. The molecule has 0 radical (unpaired) electrons. The molecule has 70 valence electrons. The minimum atomic E-state index is -0.674. The summed E-state index contributed by atoms with van der Waals surface area (Å²) in [6.45, 7) is 1.33. The Bertz CT molecular complexity index is 355. The third kappa shape index (κ3) is 1.62. The first-order chi connectivity index (χ1) is 5.95. The highest BCUT2D eigenvalue weighted by atomic mass is 79.9. The van der Waals surface area contributed by atoms with Gasteiger partial charge in [0.2, 0.25) is 0 Å². The molecule has 1 rings (SSSR count). The molecule has 0 atom stereocenters. The van der Waals surface area contributed by atoms with Crippen LogP contribution in [-0.2, 0) is 0 Å². The Morgan fingerprint density at radius 1 is 1.69 bits per heavy atom. The molecule has 0 aliphatic rings. The van der Waals surface area contributed by atoms with Gasteiger partial charge in [0, 0.05) is 0 Å². The van der Waals surface area contributed by atoms with Gasteiger partial charge in [0.05, 0.1) is 16.2 Å². The molecule has 6 heteroatoms. The number of nitro benzene ring substituents is 1. The molecule has 0 unspecified atom stereocenters. The van der Waals surface area contributed by atoms with Gasteiger partial charge in [0.25, 0.3) is 5.69 Å². The molecule has 0 saturated carbocycles. The quantitative estimate of drug-likeness (QED) is 0.472. The molecule has 0 amide bonds. The minimum Gasteiger partial charge on any atom is -0.398 e. The van der Waals surface area contributed by atoms with Crippen molar-refractivity contribution >= 4 is 27.3 Å². The largest absolute Gasteiger partial charge is 0.398 e. The van der Waals surface area contributed by atoms with E-state index in [9.17, 15) is 14.5 Å². The second-order valence-corrected chi connectivity index (χ2v) is 3.29. The number of hydrogen-bond acceptors (Lipinski definition) is 3. The summed E-state index contributed by atoms with van der Waals surface area (Å²) >= 11 is 2.93. The highest BCUT2D eigenvalue weighted by molar-refractivity contribution is 9.10. The SMILES string of the molecule is Cc1c(F)cc(N)c(Br)c1[N+](=O)[O-]. The Morgan fingerprint density at radius 2 is 2.23 bits per heavy atom. The topological polar surface area (TPSA) is 69.2 Å². The molecule has 0 bridgehead atoms. The van der Waals surface area contributed by atoms with E-state index < -0.39 is 10.7 Å². The first-order valence-corrected chi connectivity index (χ1v) is 4.13. The van der Waals surface area contributed by atoms with Gasteiger partial charge < -0.3 is 5.73 Å². The van der Waals surface area contributed by atoms with Crippen LogP contribution in [0.3, 0.4) is 0 Å². The Hall–Kier alpha value is -1.17. The number of nitrogens with two attached hydrogens (primary N) is 1. The zero-order valence-electron chi connectivity index (χ0n) is 6.67. The van der Waals surface area contributed by atoms with Gasteiger partial charge in [-0.2, -0.15) is 0 Å². The lowest BCUT2D eigenvalue weighted by molar-refractivity contribution is -0.386. The fourth-order valence-electron chi connectivity index (χ4n) is 0.940. The van der Waals surface area contributed by atoms with Crippen LogP contribution in [-0.4, -0.2) is 4.92 Å². The number of halogens is 2. The van der Waals surface area contributed by atoms with Crippen LogP contribution < -0.4 is 5.73 Å². The Kier molecular flexibility index (Phi) is 2.51. The van der Waals surface area contributed by atoms with Gasteiger partial charge in [-0.05, 0) is 28.9 Å². The maximum Gasteiger partial charge on any atom is 0.291 e. The van der Waals surface area contributed by atoms with Crippen LogP contribution in [0.2, 0.25) is 0 Å². The van der Waals surface area contributed by atoms with Gasteiger partial charge in [0.1, 0.15) is 10.3 Å². The number of anilines is 1. The van der Waals surface area contributed by atoms with Gasteiger partial charge in [-0.1, -0.05) is 0 Å². The predicted molar refractivity (Wildman–Crippen MR) is 49.9 cm³/mol. The number of nitrogen functional groups attached to an aromatic ring is 1. The van der Waals surface area contributed by atoms with Crippen LogP contribution in [0, 0.1) is 22.9 Å². The predicted octanol–water partition coefficient (Wildman–Crippen LogP) is 2.39. The maximum atomic E-state index is 13.0. The van der Waals surface area contributed by atoms with Crippen LogP contribution in [0.1, 0.15) is 5.56 Å². The van der Waals surface area contributed by atoms with Crippen LogP contribution in [0.25, 0.3) is 0 Å². The summed E-state index contributed by atoms with van der Waals surface area (Å²) in [6.07, 6.45) is 0. The molecule has 0 aliphatic carbocycles. The molecule has 0 heterocycles. The monoisotopic (exact) mass is 248 g/mol. The summed E-state index contributed by atoms with van der Waals surface area (Å²) in [7, 11) is 0. The van der Waals surface area contributed by atoms with Gasteiger partial charge in [-0.3, -0.25) is 10.1 Å². The average molecular weight is 249 g/mol. The van der Waals surface area contributed by atoms with Crippen molar-refractivity contribution in [3.05, 3.63) is 32.0 Å². The molecule has 0 aromatic heterocycles. The fraction of sp³-hybridized carbons (Fsp3) is 0.143. The van der Waals surface area contributed by atoms with E-state index in [1.165, 1.54) is 6.92 Å². The summed E-state index contributed by atoms with van der Waals surface area (Å²) in [5.41, 5.74) is 5.02. The second-order valence-electron chi connectivity index (χ2n) is 2.49. The molecule has 0 saturated heterocycles. The van der Waals surface area contributed by atoms with Crippen molar-refractivity contribution in [1.82, 2.24) is 0 Å². The molecule has 13 heavy (non-hydrogen) atoms. The van der Waals surface area contributed by atoms with Crippen molar-refractivity contribution < 1.29 is 9.31 Å². The van der Waals surface area contributed by atoms with Gasteiger partial charge in [0.15, 0.2) is 0 Å². The minimum absolute atomic E-state index is 0.0222. The van der Waals surface area contributed by atoms with Crippen molar-refractivity contribution in [2.75, 3.05) is 5.73 Å². The van der Waals surface area contributed by atoms with E-state index >= 15 is 0 Å². The highest BCUT2D eigenvalue weighted by Crippen LogP contribution is 2.34. The van der Waals surface area contributed by atoms with E-state index in [2.05, 4.69) is 15.9 Å². The smallest absolute Gasteiger partial charge is 0.291 e. The molecule has 0 spiro atoms. The van der Waals surface area contributed by atoms with Crippen LogP contribution in [0.4, 0.5) is 15.8 Å². The highest BCUT2D eigenvalue weighted by Gasteiger charge is 2.21. The first kappa shape index (κ1) is 9.91. The number of hydrogen-bond donors (Lipinski definition) is 1. The lowest BCUT2D eigenvalue weighted by atomic mass is 10.2. The van der Waals surface area contributed by atoms with Gasteiger partial charge >= 0.3 is 0 Å². The van der Waals surface area contributed by atoms with Crippen molar-refractivity contribution in [3.8, 4) is 0 Å². The maximum absolute atomic E-state index is 13.0. The molecule has 0 fully saturated rings. The van der Waals surface area contributed by atoms with E-state index in [0.717, 1.165) is 6.07 Å². The van der Waals surface area contributed by atoms with Crippen LogP contribution >= 0.6 is 15.9 Å². The van der Waals surface area contributed by atoms with E-state index in [1.54, 1.807) is 0 Å². The normalized spacial score (nSPS) is 10.1.